The van der Waals surface area contributed by atoms with Gasteiger partial charge in [0, 0.05) is 18.4 Å². The summed E-state index contributed by atoms with van der Waals surface area (Å²) in [5.41, 5.74) is 5.99. The van der Waals surface area contributed by atoms with Crippen LogP contribution in [0, 0.1) is 23.7 Å². The Hall–Kier alpha value is -1.14. The van der Waals surface area contributed by atoms with Crippen LogP contribution in [-0.4, -0.2) is 19.4 Å². The maximum atomic E-state index is 12.3. The van der Waals surface area contributed by atoms with Gasteiger partial charge in [-0.05, 0) is 49.0 Å². The summed E-state index contributed by atoms with van der Waals surface area (Å²) in [7, 11) is -3.53. The van der Waals surface area contributed by atoms with E-state index in [0.29, 0.717) is 11.8 Å². The van der Waals surface area contributed by atoms with E-state index in [-0.39, 0.29) is 16.6 Å². The number of hydrogen-bond donors (Lipinski definition) is 2. The lowest BCUT2D eigenvalue weighted by atomic mass is 10.0. The predicted octanol–water partition coefficient (Wildman–Crippen LogP) is 0.987. The number of hydrogen-bond acceptors (Lipinski definition) is 4. The zero-order valence-electron chi connectivity index (χ0n) is 10.5. The second-order valence-electron chi connectivity index (χ2n) is 6.05. The summed E-state index contributed by atoms with van der Waals surface area (Å²) in [6.07, 6.45) is 6.69. The van der Waals surface area contributed by atoms with E-state index in [2.05, 4.69) is 9.71 Å². The number of sulfonamides is 1. The highest BCUT2D eigenvalue weighted by Crippen LogP contribution is 2.65. The van der Waals surface area contributed by atoms with E-state index in [1.54, 1.807) is 0 Å². The summed E-state index contributed by atoms with van der Waals surface area (Å²) in [6.45, 7) is 0. The first-order chi connectivity index (χ1) is 9.08. The van der Waals surface area contributed by atoms with E-state index in [9.17, 15) is 8.42 Å². The van der Waals surface area contributed by atoms with Gasteiger partial charge in [0.15, 0.2) is 0 Å². The van der Waals surface area contributed by atoms with Crippen molar-refractivity contribution in [2.45, 2.75) is 30.2 Å². The number of fused-ring (bicyclic) bond motifs is 5. The van der Waals surface area contributed by atoms with Gasteiger partial charge in [0.1, 0.15) is 4.90 Å². The number of nitrogens with zero attached hydrogens (tertiary/aromatic N) is 1. The first-order valence-electron chi connectivity index (χ1n) is 6.80. The number of nitrogen functional groups attached to an aromatic ring is 1. The zero-order chi connectivity index (χ0) is 13.2. The molecule has 19 heavy (non-hydrogen) atoms. The second-order valence-corrected chi connectivity index (χ2v) is 7.73. The van der Waals surface area contributed by atoms with Crippen molar-refractivity contribution < 1.29 is 8.42 Å². The normalized spacial score (nSPS) is 39.3. The number of nitrogens with one attached hydrogen (secondary N) is 1. The number of anilines is 1. The second kappa shape index (κ2) is 3.70. The van der Waals surface area contributed by atoms with Crippen molar-refractivity contribution in [3.63, 3.8) is 0 Å². The molecule has 3 aliphatic rings. The van der Waals surface area contributed by atoms with Crippen molar-refractivity contribution in [1.82, 2.24) is 9.71 Å². The Morgan fingerprint density at radius 3 is 2.58 bits per heavy atom. The lowest BCUT2D eigenvalue weighted by molar-refractivity contribution is 0.456. The van der Waals surface area contributed by atoms with Gasteiger partial charge in [0.2, 0.25) is 10.0 Å². The molecule has 3 fully saturated rings. The Morgan fingerprint density at radius 1 is 1.26 bits per heavy atom. The molecule has 0 aliphatic heterocycles. The highest BCUT2D eigenvalue weighted by molar-refractivity contribution is 7.89. The minimum atomic E-state index is -3.53. The summed E-state index contributed by atoms with van der Waals surface area (Å²) in [4.78, 5) is 3.96. The molecule has 5 nitrogen and oxygen atoms in total. The van der Waals surface area contributed by atoms with E-state index in [1.165, 1.54) is 37.7 Å². The van der Waals surface area contributed by atoms with Gasteiger partial charge in [-0.25, -0.2) is 13.1 Å². The third kappa shape index (κ3) is 1.63. The Labute approximate surface area is 112 Å². The molecule has 0 aromatic carbocycles. The van der Waals surface area contributed by atoms with Crippen molar-refractivity contribution in [2.24, 2.45) is 23.7 Å². The zero-order valence-corrected chi connectivity index (χ0v) is 11.3. The average molecular weight is 279 g/mol. The average Bonchev–Trinajstić information content (AvgIpc) is 2.77. The molecule has 1 heterocycles. The van der Waals surface area contributed by atoms with Gasteiger partial charge in [0.05, 0.1) is 5.69 Å². The first-order valence-corrected chi connectivity index (χ1v) is 8.28. The van der Waals surface area contributed by atoms with Crippen molar-refractivity contribution >= 4 is 15.7 Å². The van der Waals surface area contributed by atoms with Gasteiger partial charge in [0.25, 0.3) is 0 Å². The van der Waals surface area contributed by atoms with E-state index in [4.69, 9.17) is 5.73 Å². The van der Waals surface area contributed by atoms with Gasteiger partial charge in [-0.3, -0.25) is 4.98 Å². The molecule has 0 spiro atoms. The molecule has 102 valence electrons. The van der Waals surface area contributed by atoms with Crippen LogP contribution in [0.25, 0.3) is 0 Å². The van der Waals surface area contributed by atoms with Crippen LogP contribution in [0.15, 0.2) is 23.4 Å². The Morgan fingerprint density at radius 2 is 1.95 bits per heavy atom. The molecule has 3 aliphatic carbocycles. The number of pyridine rings is 1. The SMILES string of the molecule is Nc1ccncc1S(=O)(=O)NC1C2C3CCC(C3)C12. The fraction of sp³-hybridized carbons (Fsp3) is 0.615. The molecule has 3 saturated carbocycles. The maximum absolute atomic E-state index is 12.3. The highest BCUT2D eigenvalue weighted by atomic mass is 32.2. The molecular formula is C13H17N3O2S. The Bertz CT molecular complexity index is 615. The first kappa shape index (κ1) is 11.7. The largest absolute Gasteiger partial charge is 0.398 e. The van der Waals surface area contributed by atoms with Gasteiger partial charge in [-0.1, -0.05) is 0 Å². The molecule has 4 atom stereocenters. The van der Waals surface area contributed by atoms with E-state index < -0.39 is 10.0 Å². The van der Waals surface area contributed by atoms with Crippen LogP contribution in [0.1, 0.15) is 19.3 Å². The van der Waals surface area contributed by atoms with Crippen LogP contribution >= 0.6 is 0 Å². The minimum absolute atomic E-state index is 0.104. The lowest BCUT2D eigenvalue weighted by Gasteiger charge is -2.12. The van der Waals surface area contributed by atoms with Crippen LogP contribution in [-0.2, 0) is 10.0 Å². The molecule has 4 unspecified atom stereocenters. The van der Waals surface area contributed by atoms with Gasteiger partial charge < -0.3 is 5.73 Å². The van der Waals surface area contributed by atoms with Crippen molar-refractivity contribution in [2.75, 3.05) is 5.73 Å². The Kier molecular flexibility index (Phi) is 2.27. The third-order valence-corrected chi connectivity index (χ3v) is 6.64. The van der Waals surface area contributed by atoms with E-state index >= 15 is 0 Å². The monoisotopic (exact) mass is 279 g/mol. The van der Waals surface area contributed by atoms with Crippen LogP contribution < -0.4 is 10.5 Å². The summed E-state index contributed by atoms with van der Waals surface area (Å²) < 4.78 is 27.5. The molecule has 4 rings (SSSR count). The number of aromatic nitrogens is 1. The van der Waals surface area contributed by atoms with E-state index in [1.807, 2.05) is 0 Å². The van der Waals surface area contributed by atoms with Crippen LogP contribution in [0.2, 0.25) is 0 Å². The van der Waals surface area contributed by atoms with Crippen molar-refractivity contribution in [1.29, 1.82) is 0 Å². The highest BCUT2D eigenvalue weighted by Gasteiger charge is 2.65. The minimum Gasteiger partial charge on any atom is -0.398 e. The lowest BCUT2D eigenvalue weighted by Crippen LogP contribution is -2.30. The fourth-order valence-corrected chi connectivity index (χ4v) is 5.72. The van der Waals surface area contributed by atoms with Gasteiger partial charge in [-0.2, -0.15) is 0 Å². The van der Waals surface area contributed by atoms with Crippen molar-refractivity contribution in [3.8, 4) is 0 Å². The molecule has 2 bridgehead atoms. The molecule has 6 heteroatoms. The molecule has 0 saturated heterocycles. The third-order valence-electron chi connectivity index (χ3n) is 5.13. The smallest absolute Gasteiger partial charge is 0.244 e. The van der Waals surface area contributed by atoms with Crippen molar-refractivity contribution in [3.05, 3.63) is 18.5 Å². The van der Waals surface area contributed by atoms with E-state index in [0.717, 1.165) is 11.8 Å². The molecule has 1 aromatic rings. The molecule has 1 aromatic heterocycles. The van der Waals surface area contributed by atoms with Crippen LogP contribution in [0.4, 0.5) is 5.69 Å². The molecule has 0 radical (unpaired) electrons. The number of rotatable bonds is 3. The van der Waals surface area contributed by atoms with Gasteiger partial charge in [-0.15, -0.1) is 0 Å². The molecule has 0 amide bonds. The number of nitrogens with two attached hydrogens (primary N) is 1. The topological polar surface area (TPSA) is 85.1 Å². The fourth-order valence-electron chi connectivity index (χ4n) is 4.34. The maximum Gasteiger partial charge on any atom is 0.244 e. The summed E-state index contributed by atoms with van der Waals surface area (Å²) in [5, 5.41) is 0. The molecular weight excluding hydrogens is 262 g/mol. The van der Waals surface area contributed by atoms with Crippen LogP contribution in [0.3, 0.4) is 0 Å². The van der Waals surface area contributed by atoms with Gasteiger partial charge >= 0.3 is 0 Å². The quantitative estimate of drug-likeness (QED) is 0.864. The standard InChI is InChI=1S/C13H17N3O2S/c14-9-3-4-15-6-10(9)19(17,18)16-13-11-7-1-2-8(5-7)12(11)13/h3-4,6-8,11-13,16H,1-2,5H2,(H2,14,15). The summed E-state index contributed by atoms with van der Waals surface area (Å²) >= 11 is 0. The van der Waals surface area contributed by atoms with Crippen LogP contribution in [0.5, 0.6) is 0 Å². The summed E-state index contributed by atoms with van der Waals surface area (Å²) in [5.74, 6) is 2.64. The predicted molar refractivity (Wildman–Crippen MR) is 70.6 cm³/mol. The molecule has 3 N–H and O–H groups in total. The summed E-state index contributed by atoms with van der Waals surface area (Å²) in [6, 6.07) is 1.65. The Balaban J connectivity index is 1.57.